The summed E-state index contributed by atoms with van der Waals surface area (Å²) in [5, 5.41) is 13.6. The Balaban J connectivity index is 2.47. The zero-order valence-corrected chi connectivity index (χ0v) is 9.54. The second kappa shape index (κ2) is 3.97. The molecule has 2 aromatic rings. The third-order valence-electron chi connectivity index (χ3n) is 2.48. The number of ether oxygens (including phenoxy) is 1. The number of aromatic nitrogens is 2. The molecule has 1 unspecified atom stereocenters. The van der Waals surface area contributed by atoms with Crippen molar-refractivity contribution in [2.75, 3.05) is 5.73 Å². The van der Waals surface area contributed by atoms with Crippen molar-refractivity contribution in [1.82, 2.24) is 9.78 Å². The van der Waals surface area contributed by atoms with Crippen LogP contribution in [0.15, 0.2) is 18.2 Å². The van der Waals surface area contributed by atoms with Crippen LogP contribution in [0.5, 0.6) is 5.88 Å². The van der Waals surface area contributed by atoms with Gasteiger partial charge in [0.1, 0.15) is 0 Å². The van der Waals surface area contributed by atoms with Gasteiger partial charge in [-0.2, -0.15) is 0 Å². The summed E-state index contributed by atoms with van der Waals surface area (Å²) in [6.07, 6.45) is -0.950. The quantitative estimate of drug-likeness (QED) is 0.775. The van der Waals surface area contributed by atoms with Gasteiger partial charge >= 0.3 is 5.97 Å². The molecular weight excluding hydrogens is 222 g/mol. The molecular formula is C11H13N3O3. The van der Waals surface area contributed by atoms with Gasteiger partial charge in [0.05, 0.1) is 10.9 Å². The van der Waals surface area contributed by atoms with Crippen molar-refractivity contribution in [3.8, 4) is 5.88 Å². The topological polar surface area (TPSA) is 90.4 Å². The Morgan fingerprint density at radius 2 is 2.29 bits per heavy atom. The SMILES string of the molecule is CC(Oc1nn(C)c2ccc(N)cc12)C(=O)O. The minimum Gasteiger partial charge on any atom is -0.479 e. The van der Waals surface area contributed by atoms with Crippen molar-refractivity contribution in [2.24, 2.45) is 7.05 Å². The fourth-order valence-corrected chi connectivity index (χ4v) is 1.56. The maximum Gasteiger partial charge on any atom is 0.344 e. The van der Waals surface area contributed by atoms with Crippen molar-refractivity contribution < 1.29 is 14.6 Å². The molecule has 2 rings (SSSR count). The Bertz CT molecular complexity index is 577. The molecule has 0 bridgehead atoms. The molecule has 17 heavy (non-hydrogen) atoms. The Morgan fingerprint density at radius 1 is 1.59 bits per heavy atom. The number of carboxylic acid groups (broad SMARTS) is 1. The van der Waals surface area contributed by atoms with E-state index in [2.05, 4.69) is 5.10 Å². The lowest BCUT2D eigenvalue weighted by atomic mass is 10.2. The number of carbonyl (C=O) groups is 1. The number of hydrogen-bond donors (Lipinski definition) is 2. The molecule has 90 valence electrons. The van der Waals surface area contributed by atoms with Gasteiger partial charge in [-0.25, -0.2) is 4.79 Å². The summed E-state index contributed by atoms with van der Waals surface area (Å²) in [5.74, 6) is -0.752. The number of hydrogen-bond acceptors (Lipinski definition) is 4. The average Bonchev–Trinajstić information content (AvgIpc) is 2.55. The van der Waals surface area contributed by atoms with E-state index in [1.54, 1.807) is 23.9 Å². The molecule has 0 aliphatic carbocycles. The first-order valence-corrected chi connectivity index (χ1v) is 5.10. The summed E-state index contributed by atoms with van der Waals surface area (Å²) < 4.78 is 6.90. The number of nitrogen functional groups attached to an aromatic ring is 1. The summed E-state index contributed by atoms with van der Waals surface area (Å²) in [7, 11) is 1.76. The van der Waals surface area contributed by atoms with Crippen LogP contribution in [-0.4, -0.2) is 27.0 Å². The number of benzene rings is 1. The van der Waals surface area contributed by atoms with Gasteiger partial charge in [0.25, 0.3) is 0 Å². The van der Waals surface area contributed by atoms with Crippen molar-refractivity contribution in [2.45, 2.75) is 13.0 Å². The van der Waals surface area contributed by atoms with E-state index < -0.39 is 12.1 Å². The van der Waals surface area contributed by atoms with Gasteiger partial charge in [-0.1, -0.05) is 0 Å². The van der Waals surface area contributed by atoms with E-state index in [0.717, 1.165) is 5.52 Å². The number of aryl methyl sites for hydroxylation is 1. The maximum atomic E-state index is 10.7. The first kappa shape index (κ1) is 11.3. The van der Waals surface area contributed by atoms with Crippen LogP contribution in [0, 0.1) is 0 Å². The number of nitrogens with zero attached hydrogens (tertiary/aromatic N) is 2. The highest BCUT2D eigenvalue weighted by atomic mass is 16.5. The lowest BCUT2D eigenvalue weighted by Crippen LogP contribution is -2.23. The van der Waals surface area contributed by atoms with Crippen LogP contribution in [0.25, 0.3) is 10.9 Å². The second-order valence-corrected chi connectivity index (χ2v) is 3.80. The summed E-state index contributed by atoms with van der Waals surface area (Å²) in [6.45, 7) is 1.45. The highest BCUT2D eigenvalue weighted by molar-refractivity contribution is 5.87. The number of anilines is 1. The third kappa shape index (κ3) is 2.01. The van der Waals surface area contributed by atoms with E-state index in [4.69, 9.17) is 15.6 Å². The Hall–Kier alpha value is -2.24. The van der Waals surface area contributed by atoms with Crippen LogP contribution in [0.2, 0.25) is 0 Å². The normalized spacial score (nSPS) is 12.6. The van der Waals surface area contributed by atoms with Gasteiger partial charge in [-0.3, -0.25) is 4.68 Å². The van der Waals surface area contributed by atoms with E-state index in [1.807, 2.05) is 6.07 Å². The first-order chi connectivity index (χ1) is 7.99. The smallest absolute Gasteiger partial charge is 0.344 e. The van der Waals surface area contributed by atoms with Crippen LogP contribution in [0.1, 0.15) is 6.92 Å². The van der Waals surface area contributed by atoms with E-state index in [0.29, 0.717) is 11.1 Å². The Kier molecular flexibility index (Phi) is 2.63. The maximum absolute atomic E-state index is 10.7. The van der Waals surface area contributed by atoms with Crippen molar-refractivity contribution in [3.63, 3.8) is 0 Å². The minimum absolute atomic E-state index is 0.282. The molecule has 0 aliphatic rings. The summed E-state index contributed by atoms with van der Waals surface area (Å²) in [6, 6.07) is 5.29. The molecule has 0 saturated heterocycles. The number of rotatable bonds is 3. The molecule has 0 radical (unpaired) electrons. The fraction of sp³-hybridized carbons (Fsp3) is 0.273. The van der Waals surface area contributed by atoms with E-state index >= 15 is 0 Å². The largest absolute Gasteiger partial charge is 0.479 e. The summed E-state index contributed by atoms with van der Waals surface area (Å²) in [4.78, 5) is 10.7. The zero-order valence-electron chi connectivity index (χ0n) is 9.54. The van der Waals surface area contributed by atoms with E-state index in [-0.39, 0.29) is 5.88 Å². The molecule has 1 aromatic heterocycles. The first-order valence-electron chi connectivity index (χ1n) is 5.10. The molecule has 0 saturated carbocycles. The monoisotopic (exact) mass is 235 g/mol. The van der Waals surface area contributed by atoms with Crippen molar-refractivity contribution >= 4 is 22.6 Å². The average molecular weight is 235 g/mol. The second-order valence-electron chi connectivity index (χ2n) is 3.80. The molecule has 6 heteroatoms. The number of fused-ring (bicyclic) bond motifs is 1. The molecule has 0 amide bonds. The van der Waals surface area contributed by atoms with Gasteiger partial charge < -0.3 is 15.6 Å². The van der Waals surface area contributed by atoms with Crippen LogP contribution < -0.4 is 10.5 Å². The third-order valence-corrected chi connectivity index (χ3v) is 2.48. The van der Waals surface area contributed by atoms with Crippen LogP contribution in [-0.2, 0) is 11.8 Å². The summed E-state index contributed by atoms with van der Waals surface area (Å²) in [5.41, 5.74) is 7.11. The molecule has 0 fully saturated rings. The number of nitrogens with two attached hydrogens (primary N) is 1. The predicted octanol–water partition coefficient (Wildman–Crippen LogP) is 1.01. The molecule has 3 N–H and O–H groups in total. The van der Waals surface area contributed by atoms with Crippen molar-refractivity contribution in [3.05, 3.63) is 18.2 Å². The number of carboxylic acids is 1. The molecule has 0 spiro atoms. The van der Waals surface area contributed by atoms with E-state index in [9.17, 15) is 4.79 Å². The van der Waals surface area contributed by atoms with Gasteiger partial charge in [-0.05, 0) is 25.1 Å². The molecule has 6 nitrogen and oxygen atoms in total. The zero-order chi connectivity index (χ0) is 12.6. The standard InChI is InChI=1S/C11H13N3O3/c1-6(11(15)16)17-10-8-5-7(12)3-4-9(8)14(2)13-10/h3-6H,12H2,1-2H3,(H,15,16). The molecule has 1 aromatic carbocycles. The van der Waals surface area contributed by atoms with Crippen molar-refractivity contribution in [1.29, 1.82) is 0 Å². The lowest BCUT2D eigenvalue weighted by molar-refractivity contribution is -0.144. The van der Waals surface area contributed by atoms with Crippen LogP contribution >= 0.6 is 0 Å². The van der Waals surface area contributed by atoms with Crippen LogP contribution in [0.4, 0.5) is 5.69 Å². The van der Waals surface area contributed by atoms with E-state index in [1.165, 1.54) is 6.92 Å². The summed E-state index contributed by atoms with van der Waals surface area (Å²) >= 11 is 0. The lowest BCUT2D eigenvalue weighted by Gasteiger charge is -2.07. The van der Waals surface area contributed by atoms with Gasteiger partial charge in [0, 0.05) is 12.7 Å². The predicted molar refractivity (Wildman–Crippen MR) is 62.9 cm³/mol. The molecule has 1 heterocycles. The highest BCUT2D eigenvalue weighted by Crippen LogP contribution is 2.27. The highest BCUT2D eigenvalue weighted by Gasteiger charge is 2.17. The van der Waals surface area contributed by atoms with Crippen LogP contribution in [0.3, 0.4) is 0 Å². The molecule has 0 aliphatic heterocycles. The van der Waals surface area contributed by atoms with Gasteiger partial charge in [-0.15, -0.1) is 5.10 Å². The van der Waals surface area contributed by atoms with Gasteiger partial charge in [0.2, 0.25) is 5.88 Å². The fourth-order valence-electron chi connectivity index (χ4n) is 1.56. The Morgan fingerprint density at radius 3 is 2.94 bits per heavy atom. The Labute approximate surface area is 97.6 Å². The minimum atomic E-state index is -1.03. The molecule has 1 atom stereocenters. The van der Waals surface area contributed by atoms with Gasteiger partial charge in [0.15, 0.2) is 6.10 Å². The number of aliphatic carboxylic acids is 1.